The van der Waals surface area contributed by atoms with E-state index in [1.165, 1.54) is 12.7 Å². The molecule has 2 aromatic carbocycles. The van der Waals surface area contributed by atoms with E-state index in [-0.39, 0.29) is 11.8 Å². The van der Waals surface area contributed by atoms with Crippen LogP contribution in [-0.4, -0.2) is 44.0 Å². The minimum Gasteiger partial charge on any atom is -0.467 e. The third kappa shape index (κ3) is 8.21. The van der Waals surface area contributed by atoms with E-state index >= 15 is 0 Å². The van der Waals surface area contributed by atoms with Crippen LogP contribution in [0.3, 0.4) is 0 Å². The second kappa shape index (κ2) is 13.6. The summed E-state index contributed by atoms with van der Waals surface area (Å²) in [6.07, 6.45) is 5.68. The van der Waals surface area contributed by atoms with Gasteiger partial charge >= 0.3 is 5.97 Å². The summed E-state index contributed by atoms with van der Waals surface area (Å²) in [7, 11) is 1.32. The number of amides is 2. The second-order valence-electron chi connectivity index (χ2n) is 9.11. The van der Waals surface area contributed by atoms with E-state index in [1.807, 2.05) is 30.3 Å². The van der Waals surface area contributed by atoms with Crippen molar-refractivity contribution in [1.29, 1.82) is 0 Å². The number of methoxy groups -OCH3 is 1. The molecule has 35 heavy (non-hydrogen) atoms. The van der Waals surface area contributed by atoms with Gasteiger partial charge in [-0.25, -0.2) is 4.79 Å². The zero-order chi connectivity index (χ0) is 25.0. The van der Waals surface area contributed by atoms with Gasteiger partial charge in [-0.05, 0) is 73.7 Å². The van der Waals surface area contributed by atoms with Crippen molar-refractivity contribution in [3.8, 4) is 0 Å². The highest BCUT2D eigenvalue weighted by atomic mass is 16.5. The van der Waals surface area contributed by atoms with Gasteiger partial charge in [-0.3, -0.25) is 9.59 Å². The summed E-state index contributed by atoms with van der Waals surface area (Å²) in [4.78, 5) is 37.2. The third-order valence-electron chi connectivity index (χ3n) is 6.44. The number of ether oxygens (including phenoxy) is 1. The van der Waals surface area contributed by atoms with Crippen LogP contribution in [0.25, 0.3) is 0 Å². The first-order valence-corrected chi connectivity index (χ1v) is 12.6. The number of piperidine rings is 1. The van der Waals surface area contributed by atoms with Crippen LogP contribution >= 0.6 is 0 Å². The van der Waals surface area contributed by atoms with E-state index in [1.54, 1.807) is 12.1 Å². The van der Waals surface area contributed by atoms with Gasteiger partial charge in [-0.15, -0.1) is 0 Å². The quantitative estimate of drug-likeness (QED) is 0.332. The van der Waals surface area contributed by atoms with Crippen LogP contribution in [0.5, 0.6) is 0 Å². The fourth-order valence-corrected chi connectivity index (χ4v) is 4.39. The van der Waals surface area contributed by atoms with Crippen molar-refractivity contribution in [3.05, 3.63) is 65.2 Å². The van der Waals surface area contributed by atoms with Crippen molar-refractivity contribution in [2.75, 3.05) is 25.5 Å². The molecule has 188 valence electrons. The Labute approximate surface area is 208 Å². The highest BCUT2D eigenvalue weighted by Crippen LogP contribution is 2.26. The van der Waals surface area contributed by atoms with Crippen molar-refractivity contribution < 1.29 is 19.1 Å². The van der Waals surface area contributed by atoms with Gasteiger partial charge in [0.2, 0.25) is 5.91 Å². The van der Waals surface area contributed by atoms with E-state index in [0.29, 0.717) is 30.0 Å². The topological polar surface area (TPSA) is 96.5 Å². The van der Waals surface area contributed by atoms with Crippen LogP contribution < -0.4 is 16.0 Å². The van der Waals surface area contributed by atoms with E-state index in [0.717, 1.165) is 50.8 Å². The Morgan fingerprint density at radius 2 is 1.80 bits per heavy atom. The number of carbonyl (C=O) groups is 3. The molecule has 1 aliphatic heterocycles. The fourth-order valence-electron chi connectivity index (χ4n) is 4.39. The molecule has 1 unspecified atom stereocenters. The van der Waals surface area contributed by atoms with Gasteiger partial charge in [0.15, 0.2) is 0 Å². The molecule has 0 aromatic heterocycles. The Balaban J connectivity index is 1.59. The highest BCUT2D eigenvalue weighted by Gasteiger charge is 2.22. The number of nitrogens with one attached hydrogen (secondary N) is 3. The molecular weight excluding hydrogens is 442 g/mol. The SMILES string of the molecule is CCCCCC(=O)NC(Cc1ccc(NC(=O)c2cccc(C3CCNCC3)c2)cc1)C(=O)OC. The van der Waals surface area contributed by atoms with E-state index < -0.39 is 12.0 Å². The minimum atomic E-state index is -0.743. The first-order chi connectivity index (χ1) is 17.0. The van der Waals surface area contributed by atoms with Crippen molar-refractivity contribution in [2.45, 2.75) is 63.8 Å². The first-order valence-electron chi connectivity index (χ1n) is 12.6. The highest BCUT2D eigenvalue weighted by molar-refractivity contribution is 6.04. The van der Waals surface area contributed by atoms with Gasteiger partial charge in [0.25, 0.3) is 5.91 Å². The number of carbonyl (C=O) groups excluding carboxylic acids is 3. The summed E-state index contributed by atoms with van der Waals surface area (Å²) in [5.74, 6) is -0.289. The molecular formula is C28H37N3O4. The molecule has 1 saturated heterocycles. The molecule has 7 nitrogen and oxygen atoms in total. The lowest BCUT2D eigenvalue weighted by Crippen LogP contribution is -2.43. The summed E-state index contributed by atoms with van der Waals surface area (Å²) in [5, 5.41) is 9.11. The predicted octanol–water partition coefficient (Wildman–Crippen LogP) is 4.19. The average molecular weight is 480 g/mol. The summed E-state index contributed by atoms with van der Waals surface area (Å²) >= 11 is 0. The average Bonchev–Trinajstić information content (AvgIpc) is 2.89. The lowest BCUT2D eigenvalue weighted by molar-refractivity contribution is -0.145. The van der Waals surface area contributed by atoms with Gasteiger partial charge in [0.1, 0.15) is 6.04 Å². The second-order valence-corrected chi connectivity index (χ2v) is 9.11. The van der Waals surface area contributed by atoms with E-state index in [2.05, 4.69) is 28.9 Å². The molecule has 1 aliphatic rings. The van der Waals surface area contributed by atoms with Crippen molar-refractivity contribution in [3.63, 3.8) is 0 Å². The number of hydrogen-bond acceptors (Lipinski definition) is 5. The van der Waals surface area contributed by atoms with Crippen LogP contribution in [0, 0.1) is 0 Å². The van der Waals surface area contributed by atoms with Crippen molar-refractivity contribution >= 4 is 23.5 Å². The molecule has 3 rings (SSSR count). The zero-order valence-corrected chi connectivity index (χ0v) is 20.8. The van der Waals surface area contributed by atoms with Gasteiger partial charge < -0.3 is 20.7 Å². The van der Waals surface area contributed by atoms with Crippen LogP contribution in [-0.2, 0) is 20.7 Å². The molecule has 1 heterocycles. The standard InChI is InChI=1S/C28H37N3O4/c1-3-4-5-9-26(32)31-25(28(34)35-2)18-20-10-12-24(13-11-20)30-27(33)23-8-6-7-22(19-23)21-14-16-29-17-15-21/h6-8,10-13,19,21,25,29H,3-5,9,14-18H2,1-2H3,(H,30,33)(H,31,32). The molecule has 2 aromatic rings. The lowest BCUT2D eigenvalue weighted by Gasteiger charge is -2.23. The Morgan fingerprint density at radius 3 is 2.49 bits per heavy atom. The Bertz CT molecular complexity index is 984. The predicted molar refractivity (Wildman–Crippen MR) is 137 cm³/mol. The lowest BCUT2D eigenvalue weighted by atomic mass is 9.89. The fraction of sp³-hybridized carbons (Fsp3) is 0.464. The molecule has 0 bridgehead atoms. The summed E-state index contributed by atoms with van der Waals surface area (Å²) in [6, 6.07) is 14.4. The van der Waals surface area contributed by atoms with Crippen LogP contribution in [0.15, 0.2) is 48.5 Å². The Kier molecular flexibility index (Phi) is 10.3. The maximum Gasteiger partial charge on any atom is 0.328 e. The largest absolute Gasteiger partial charge is 0.467 e. The monoisotopic (exact) mass is 479 g/mol. The molecule has 7 heteroatoms. The van der Waals surface area contributed by atoms with Gasteiger partial charge in [-0.2, -0.15) is 0 Å². The Morgan fingerprint density at radius 1 is 1.06 bits per heavy atom. The summed E-state index contributed by atoms with van der Waals surface area (Å²) in [6.45, 7) is 4.09. The zero-order valence-electron chi connectivity index (χ0n) is 20.8. The Hall–Kier alpha value is -3.19. The number of esters is 1. The number of benzene rings is 2. The number of rotatable bonds is 11. The maximum absolute atomic E-state index is 12.8. The molecule has 1 fully saturated rings. The number of anilines is 1. The summed E-state index contributed by atoms with van der Waals surface area (Å²) in [5.41, 5.74) is 3.38. The first kappa shape index (κ1) is 26.4. The number of hydrogen-bond donors (Lipinski definition) is 3. The molecule has 0 radical (unpaired) electrons. The molecule has 0 spiro atoms. The van der Waals surface area contributed by atoms with Crippen LogP contribution in [0.4, 0.5) is 5.69 Å². The van der Waals surface area contributed by atoms with Crippen molar-refractivity contribution in [1.82, 2.24) is 10.6 Å². The van der Waals surface area contributed by atoms with Gasteiger partial charge in [0.05, 0.1) is 7.11 Å². The minimum absolute atomic E-state index is 0.149. The van der Waals surface area contributed by atoms with E-state index in [9.17, 15) is 14.4 Å². The maximum atomic E-state index is 12.8. The van der Waals surface area contributed by atoms with Gasteiger partial charge in [-0.1, -0.05) is 44.0 Å². The van der Waals surface area contributed by atoms with Crippen molar-refractivity contribution in [2.24, 2.45) is 0 Å². The van der Waals surface area contributed by atoms with E-state index in [4.69, 9.17) is 4.74 Å². The smallest absolute Gasteiger partial charge is 0.328 e. The molecule has 2 amide bonds. The molecule has 0 saturated carbocycles. The molecule has 1 atom stereocenters. The molecule has 0 aliphatic carbocycles. The van der Waals surface area contributed by atoms with Crippen LogP contribution in [0.1, 0.15) is 72.9 Å². The number of unbranched alkanes of at least 4 members (excludes halogenated alkanes) is 2. The summed E-state index contributed by atoms with van der Waals surface area (Å²) < 4.78 is 4.88. The van der Waals surface area contributed by atoms with Crippen LogP contribution in [0.2, 0.25) is 0 Å². The normalized spacial score (nSPS) is 14.7. The third-order valence-corrected chi connectivity index (χ3v) is 6.44. The van der Waals surface area contributed by atoms with Gasteiger partial charge in [0, 0.05) is 24.1 Å². The molecule has 3 N–H and O–H groups in total.